The maximum absolute atomic E-state index is 12.5. The third-order valence-corrected chi connectivity index (χ3v) is 5.18. The van der Waals surface area contributed by atoms with Crippen LogP contribution in [0.1, 0.15) is 56.8 Å². The van der Waals surface area contributed by atoms with Crippen molar-refractivity contribution in [2.24, 2.45) is 5.92 Å². The number of imidazole rings is 1. The van der Waals surface area contributed by atoms with Gasteiger partial charge in [-0.2, -0.15) is 0 Å². The number of likely N-dealkylation sites (tertiary alicyclic amines) is 1. The van der Waals surface area contributed by atoms with Crippen molar-refractivity contribution < 1.29 is 4.79 Å². The third-order valence-electron chi connectivity index (χ3n) is 5.18. The number of aromatic amines is 1. The van der Waals surface area contributed by atoms with Gasteiger partial charge in [-0.25, -0.2) is 4.98 Å². The molecule has 2 heterocycles. The minimum Gasteiger partial charge on any atom is -0.342 e. The van der Waals surface area contributed by atoms with Gasteiger partial charge in [-0.05, 0) is 50.3 Å². The smallest absolute Gasteiger partial charge is 0.225 e. The van der Waals surface area contributed by atoms with Crippen LogP contribution >= 0.6 is 0 Å². The first-order chi connectivity index (χ1) is 11.1. The second-order valence-electron chi connectivity index (χ2n) is 6.76. The van der Waals surface area contributed by atoms with Crippen molar-refractivity contribution in [3.8, 4) is 0 Å². The monoisotopic (exact) mass is 313 g/mol. The summed E-state index contributed by atoms with van der Waals surface area (Å²) in [7, 11) is 0. The summed E-state index contributed by atoms with van der Waals surface area (Å²) in [6, 6.07) is 6.33. The standard InChI is InChI=1S/C19H27N3O/c1-4-14(5-2)19(23)22-10-8-15(9-11-22)18-20-16-7-6-13(3)12-17(16)21-18/h6-7,12,14-15H,4-5,8-11H2,1-3H3,(H,20,21). The van der Waals surface area contributed by atoms with Gasteiger partial charge in [-0.3, -0.25) is 4.79 Å². The number of nitrogens with one attached hydrogen (secondary N) is 1. The van der Waals surface area contributed by atoms with Crippen LogP contribution in [0.25, 0.3) is 11.0 Å². The van der Waals surface area contributed by atoms with Crippen molar-refractivity contribution in [3.05, 3.63) is 29.6 Å². The predicted octanol–water partition coefficient (Wildman–Crippen LogP) is 4.01. The molecule has 1 aliphatic rings. The van der Waals surface area contributed by atoms with Gasteiger partial charge in [0, 0.05) is 24.9 Å². The number of aromatic nitrogens is 2. The number of rotatable bonds is 4. The molecule has 0 atom stereocenters. The number of piperidine rings is 1. The first kappa shape index (κ1) is 16.0. The second kappa shape index (κ2) is 6.73. The Balaban J connectivity index is 1.67. The minimum absolute atomic E-state index is 0.195. The number of fused-ring (bicyclic) bond motifs is 1. The van der Waals surface area contributed by atoms with E-state index in [2.05, 4.69) is 48.9 Å². The van der Waals surface area contributed by atoms with Crippen LogP contribution in [0.3, 0.4) is 0 Å². The van der Waals surface area contributed by atoms with Crippen LogP contribution in [0.4, 0.5) is 0 Å². The molecular formula is C19H27N3O. The quantitative estimate of drug-likeness (QED) is 0.927. The van der Waals surface area contributed by atoms with E-state index in [1.54, 1.807) is 0 Å². The van der Waals surface area contributed by atoms with E-state index >= 15 is 0 Å². The molecule has 2 aromatic rings. The zero-order chi connectivity index (χ0) is 16.4. The Bertz CT molecular complexity index is 679. The number of H-pyrrole nitrogens is 1. The molecule has 23 heavy (non-hydrogen) atoms. The molecule has 0 unspecified atom stereocenters. The summed E-state index contributed by atoms with van der Waals surface area (Å²) >= 11 is 0. The molecule has 0 saturated carbocycles. The van der Waals surface area contributed by atoms with Crippen LogP contribution in [-0.2, 0) is 4.79 Å². The normalized spacial score (nSPS) is 16.4. The van der Waals surface area contributed by atoms with Gasteiger partial charge in [0.25, 0.3) is 0 Å². The number of carbonyl (C=O) groups excluding carboxylic acids is 1. The topological polar surface area (TPSA) is 49.0 Å². The second-order valence-corrected chi connectivity index (χ2v) is 6.76. The van der Waals surface area contributed by atoms with Crippen molar-refractivity contribution >= 4 is 16.9 Å². The molecule has 1 aromatic carbocycles. The fourth-order valence-corrected chi connectivity index (χ4v) is 3.61. The molecule has 124 valence electrons. The lowest BCUT2D eigenvalue weighted by atomic mass is 9.94. The number of amides is 1. The predicted molar refractivity (Wildman–Crippen MR) is 93.5 cm³/mol. The molecule has 0 aliphatic carbocycles. The summed E-state index contributed by atoms with van der Waals surface area (Å²) < 4.78 is 0. The number of benzene rings is 1. The van der Waals surface area contributed by atoms with Crippen molar-refractivity contribution in [2.45, 2.75) is 52.4 Å². The number of hydrogen-bond acceptors (Lipinski definition) is 2. The maximum atomic E-state index is 12.5. The number of aryl methyl sites for hydroxylation is 1. The Morgan fingerprint density at radius 1 is 1.30 bits per heavy atom. The molecule has 4 nitrogen and oxygen atoms in total. The van der Waals surface area contributed by atoms with E-state index in [1.807, 2.05) is 0 Å². The van der Waals surface area contributed by atoms with Gasteiger partial charge in [0.05, 0.1) is 11.0 Å². The molecular weight excluding hydrogens is 286 g/mol. The molecule has 3 rings (SSSR count). The Morgan fingerprint density at radius 3 is 2.65 bits per heavy atom. The molecule has 1 saturated heterocycles. The van der Waals surface area contributed by atoms with Gasteiger partial charge in [0.1, 0.15) is 5.82 Å². The Kier molecular flexibility index (Phi) is 4.69. The molecule has 1 fully saturated rings. The van der Waals surface area contributed by atoms with Crippen LogP contribution in [0.15, 0.2) is 18.2 Å². The average molecular weight is 313 g/mol. The zero-order valence-electron chi connectivity index (χ0n) is 14.4. The van der Waals surface area contributed by atoms with Gasteiger partial charge in [0.15, 0.2) is 0 Å². The highest BCUT2D eigenvalue weighted by atomic mass is 16.2. The summed E-state index contributed by atoms with van der Waals surface area (Å²) in [5.74, 6) is 2.06. The third kappa shape index (κ3) is 3.26. The Morgan fingerprint density at radius 2 is 2.00 bits per heavy atom. The highest BCUT2D eigenvalue weighted by molar-refractivity contribution is 5.79. The molecule has 0 spiro atoms. The van der Waals surface area contributed by atoms with Gasteiger partial charge < -0.3 is 9.88 Å². The van der Waals surface area contributed by atoms with Crippen LogP contribution in [0.2, 0.25) is 0 Å². The van der Waals surface area contributed by atoms with Crippen LogP contribution in [0.5, 0.6) is 0 Å². The van der Waals surface area contributed by atoms with E-state index in [0.717, 1.165) is 55.6 Å². The fraction of sp³-hybridized carbons (Fsp3) is 0.579. The number of nitrogens with zero attached hydrogens (tertiary/aromatic N) is 2. The van der Waals surface area contributed by atoms with Crippen LogP contribution < -0.4 is 0 Å². The summed E-state index contributed by atoms with van der Waals surface area (Å²) in [4.78, 5) is 22.8. The highest BCUT2D eigenvalue weighted by Crippen LogP contribution is 2.29. The lowest BCUT2D eigenvalue weighted by molar-refractivity contribution is -0.136. The first-order valence-corrected chi connectivity index (χ1v) is 8.87. The zero-order valence-corrected chi connectivity index (χ0v) is 14.4. The van der Waals surface area contributed by atoms with Crippen molar-refractivity contribution in [1.82, 2.24) is 14.9 Å². The summed E-state index contributed by atoms with van der Waals surface area (Å²) in [5, 5.41) is 0. The van der Waals surface area contributed by atoms with Gasteiger partial charge in [0.2, 0.25) is 5.91 Å². The van der Waals surface area contributed by atoms with E-state index in [0.29, 0.717) is 11.8 Å². The van der Waals surface area contributed by atoms with E-state index in [1.165, 1.54) is 5.56 Å². The minimum atomic E-state index is 0.195. The van der Waals surface area contributed by atoms with E-state index in [-0.39, 0.29) is 5.92 Å². The molecule has 4 heteroatoms. The maximum Gasteiger partial charge on any atom is 0.225 e. The number of hydrogen-bond donors (Lipinski definition) is 1. The van der Waals surface area contributed by atoms with Crippen molar-refractivity contribution in [1.29, 1.82) is 0 Å². The molecule has 1 aliphatic heterocycles. The van der Waals surface area contributed by atoms with Crippen LogP contribution in [0, 0.1) is 12.8 Å². The SMILES string of the molecule is CCC(CC)C(=O)N1CCC(c2nc3ccc(C)cc3[nH]2)CC1. The average Bonchev–Trinajstić information content (AvgIpc) is 2.99. The first-order valence-electron chi connectivity index (χ1n) is 8.87. The van der Waals surface area contributed by atoms with E-state index < -0.39 is 0 Å². The van der Waals surface area contributed by atoms with Gasteiger partial charge >= 0.3 is 0 Å². The molecule has 1 aromatic heterocycles. The molecule has 0 radical (unpaired) electrons. The fourth-order valence-electron chi connectivity index (χ4n) is 3.61. The van der Waals surface area contributed by atoms with Crippen molar-refractivity contribution in [2.75, 3.05) is 13.1 Å². The lowest BCUT2D eigenvalue weighted by Gasteiger charge is -2.33. The van der Waals surface area contributed by atoms with E-state index in [9.17, 15) is 4.79 Å². The van der Waals surface area contributed by atoms with Crippen molar-refractivity contribution in [3.63, 3.8) is 0 Å². The molecule has 1 N–H and O–H groups in total. The molecule has 0 bridgehead atoms. The lowest BCUT2D eigenvalue weighted by Crippen LogP contribution is -2.41. The molecule has 1 amide bonds. The largest absolute Gasteiger partial charge is 0.342 e. The van der Waals surface area contributed by atoms with E-state index in [4.69, 9.17) is 4.98 Å². The summed E-state index contributed by atoms with van der Waals surface area (Å²) in [5.41, 5.74) is 3.41. The van der Waals surface area contributed by atoms with Crippen LogP contribution in [-0.4, -0.2) is 33.9 Å². The number of carbonyl (C=O) groups is 1. The van der Waals surface area contributed by atoms with Gasteiger partial charge in [-0.1, -0.05) is 19.9 Å². The Hall–Kier alpha value is -1.84. The Labute approximate surface area is 138 Å². The summed E-state index contributed by atoms with van der Waals surface area (Å²) in [6.45, 7) is 8.03. The van der Waals surface area contributed by atoms with Gasteiger partial charge in [-0.15, -0.1) is 0 Å². The highest BCUT2D eigenvalue weighted by Gasteiger charge is 2.28. The summed E-state index contributed by atoms with van der Waals surface area (Å²) in [6.07, 6.45) is 3.89.